The Morgan fingerprint density at radius 2 is 2.12 bits per heavy atom. The number of likely N-dealkylation sites (N-methyl/N-ethyl adjacent to an activating group) is 1. The molecule has 0 amide bonds. The molecule has 0 aliphatic carbocycles. The molecule has 0 spiro atoms. The van der Waals surface area contributed by atoms with E-state index in [1.165, 1.54) is 7.11 Å². The molecule has 1 rings (SSSR count). The Balaban J connectivity index is 3.21. The zero-order chi connectivity index (χ0) is 12.2. The fraction of sp³-hybridized carbons (Fsp3) is 0.417. The minimum Gasteiger partial charge on any atom is -0.467 e. The fourth-order valence-corrected chi connectivity index (χ4v) is 2.03. The maximum Gasteiger partial charge on any atom is 0.330 e. The molecule has 0 fully saturated rings. The number of carbonyl (C=O) groups is 1. The second kappa shape index (κ2) is 5.32. The van der Waals surface area contributed by atoms with Gasteiger partial charge in [0.2, 0.25) is 0 Å². The Morgan fingerprint density at radius 1 is 1.50 bits per heavy atom. The zero-order valence-corrected chi connectivity index (χ0v) is 10.5. The van der Waals surface area contributed by atoms with Crippen LogP contribution >= 0.6 is 11.6 Å². The van der Waals surface area contributed by atoms with Gasteiger partial charge >= 0.3 is 5.97 Å². The lowest BCUT2D eigenvalue weighted by Gasteiger charge is -2.28. The van der Waals surface area contributed by atoms with Crippen LogP contribution in [0.1, 0.15) is 19.4 Å². The molecule has 1 atom stereocenters. The van der Waals surface area contributed by atoms with E-state index in [1.54, 1.807) is 13.0 Å². The topological polar surface area (TPSA) is 38.3 Å². The summed E-state index contributed by atoms with van der Waals surface area (Å²) in [5.74, 6) is -0.345. The Morgan fingerprint density at radius 3 is 2.62 bits per heavy atom. The first-order chi connectivity index (χ1) is 7.56. The van der Waals surface area contributed by atoms with Gasteiger partial charge in [0, 0.05) is 10.6 Å². The molecule has 0 saturated carbocycles. The molecule has 0 heterocycles. The molecule has 1 aromatic rings. The van der Waals surface area contributed by atoms with Gasteiger partial charge in [-0.15, -0.1) is 0 Å². The van der Waals surface area contributed by atoms with Crippen LogP contribution in [0.2, 0.25) is 5.02 Å². The summed E-state index contributed by atoms with van der Waals surface area (Å²) in [5.41, 5.74) is -0.174. The van der Waals surface area contributed by atoms with Gasteiger partial charge in [0.1, 0.15) is 5.54 Å². The number of esters is 1. The van der Waals surface area contributed by atoms with E-state index in [2.05, 4.69) is 5.32 Å². The van der Waals surface area contributed by atoms with Gasteiger partial charge < -0.3 is 4.74 Å². The van der Waals surface area contributed by atoms with Crippen molar-refractivity contribution in [2.24, 2.45) is 0 Å². The molecule has 0 aliphatic rings. The van der Waals surface area contributed by atoms with E-state index < -0.39 is 5.54 Å². The van der Waals surface area contributed by atoms with E-state index in [0.29, 0.717) is 11.6 Å². The van der Waals surface area contributed by atoms with Crippen molar-refractivity contribution in [2.45, 2.75) is 19.4 Å². The Hall–Kier alpha value is -1.06. The van der Waals surface area contributed by atoms with Crippen molar-refractivity contribution >= 4 is 17.6 Å². The molecular weight excluding hydrogens is 226 g/mol. The lowest BCUT2D eigenvalue weighted by Crippen LogP contribution is -2.47. The molecule has 16 heavy (non-hydrogen) atoms. The molecule has 4 heteroatoms. The van der Waals surface area contributed by atoms with Crippen LogP contribution < -0.4 is 5.32 Å². The molecule has 0 bridgehead atoms. The monoisotopic (exact) mass is 241 g/mol. The van der Waals surface area contributed by atoms with Gasteiger partial charge in [-0.2, -0.15) is 0 Å². The van der Waals surface area contributed by atoms with Crippen LogP contribution in [0.5, 0.6) is 0 Å². The number of halogens is 1. The standard InChI is InChI=1S/C12H16ClNO2/c1-4-14-12(2,11(15)16-3)9-7-5-6-8-10(9)13/h5-8,14H,4H2,1-3H3. The highest BCUT2D eigenvalue weighted by molar-refractivity contribution is 6.31. The highest BCUT2D eigenvalue weighted by Crippen LogP contribution is 2.28. The summed E-state index contributed by atoms with van der Waals surface area (Å²) in [6.07, 6.45) is 0. The number of methoxy groups -OCH3 is 1. The van der Waals surface area contributed by atoms with Crippen molar-refractivity contribution in [2.75, 3.05) is 13.7 Å². The lowest BCUT2D eigenvalue weighted by atomic mass is 9.92. The number of nitrogens with one attached hydrogen (secondary N) is 1. The third kappa shape index (κ3) is 2.36. The van der Waals surface area contributed by atoms with E-state index in [9.17, 15) is 4.79 Å². The van der Waals surface area contributed by atoms with Crippen LogP contribution in [0.4, 0.5) is 0 Å². The minimum atomic E-state index is -0.901. The second-order valence-electron chi connectivity index (χ2n) is 3.63. The molecule has 0 radical (unpaired) electrons. The first-order valence-corrected chi connectivity index (χ1v) is 5.52. The van der Waals surface area contributed by atoms with E-state index in [1.807, 2.05) is 25.1 Å². The number of ether oxygens (including phenoxy) is 1. The van der Waals surface area contributed by atoms with Crippen LogP contribution in [0.25, 0.3) is 0 Å². The average Bonchev–Trinajstić information content (AvgIpc) is 2.28. The maximum absolute atomic E-state index is 11.8. The number of hydrogen-bond donors (Lipinski definition) is 1. The van der Waals surface area contributed by atoms with Crippen molar-refractivity contribution in [3.8, 4) is 0 Å². The van der Waals surface area contributed by atoms with Gasteiger partial charge in [-0.25, -0.2) is 4.79 Å². The number of benzene rings is 1. The second-order valence-corrected chi connectivity index (χ2v) is 4.03. The maximum atomic E-state index is 11.8. The van der Waals surface area contributed by atoms with Crippen LogP contribution in [-0.4, -0.2) is 19.6 Å². The Labute approximate surface area is 101 Å². The van der Waals surface area contributed by atoms with E-state index in [-0.39, 0.29) is 5.97 Å². The summed E-state index contributed by atoms with van der Waals surface area (Å²) in [5, 5.41) is 3.66. The van der Waals surface area contributed by atoms with Crippen molar-refractivity contribution in [3.05, 3.63) is 34.9 Å². The molecule has 0 aromatic heterocycles. The summed E-state index contributed by atoms with van der Waals surface area (Å²) in [6, 6.07) is 7.26. The third-order valence-corrected chi connectivity index (χ3v) is 2.87. The average molecular weight is 242 g/mol. The number of rotatable bonds is 4. The quantitative estimate of drug-likeness (QED) is 0.823. The van der Waals surface area contributed by atoms with Gasteiger partial charge in [0.25, 0.3) is 0 Å². The molecule has 1 N–H and O–H groups in total. The highest BCUT2D eigenvalue weighted by Gasteiger charge is 2.36. The summed E-state index contributed by atoms with van der Waals surface area (Å²) in [7, 11) is 1.37. The van der Waals surface area contributed by atoms with Crippen LogP contribution in [0, 0.1) is 0 Å². The first kappa shape index (κ1) is 13.0. The summed E-state index contributed by atoms with van der Waals surface area (Å²) in [4.78, 5) is 11.8. The van der Waals surface area contributed by atoms with Gasteiger partial charge in [0.05, 0.1) is 7.11 Å². The molecule has 3 nitrogen and oxygen atoms in total. The van der Waals surface area contributed by atoms with Crippen molar-refractivity contribution in [1.29, 1.82) is 0 Å². The Bertz CT molecular complexity index is 381. The summed E-state index contributed by atoms with van der Waals surface area (Å²) < 4.78 is 4.82. The normalized spacial score (nSPS) is 14.2. The summed E-state index contributed by atoms with van der Waals surface area (Å²) in [6.45, 7) is 4.35. The summed E-state index contributed by atoms with van der Waals surface area (Å²) >= 11 is 6.10. The molecule has 88 valence electrons. The smallest absolute Gasteiger partial charge is 0.330 e. The zero-order valence-electron chi connectivity index (χ0n) is 9.71. The predicted octanol–water partition coefficient (Wildman–Crippen LogP) is 2.34. The minimum absolute atomic E-state index is 0.345. The molecule has 1 unspecified atom stereocenters. The van der Waals surface area contributed by atoms with Crippen molar-refractivity contribution < 1.29 is 9.53 Å². The molecule has 0 saturated heterocycles. The van der Waals surface area contributed by atoms with Gasteiger partial charge in [-0.3, -0.25) is 5.32 Å². The molecule has 0 aliphatic heterocycles. The lowest BCUT2D eigenvalue weighted by molar-refractivity contribution is -0.148. The molecular formula is C12H16ClNO2. The first-order valence-electron chi connectivity index (χ1n) is 5.14. The van der Waals surface area contributed by atoms with E-state index in [4.69, 9.17) is 16.3 Å². The largest absolute Gasteiger partial charge is 0.467 e. The van der Waals surface area contributed by atoms with Crippen molar-refractivity contribution in [3.63, 3.8) is 0 Å². The SMILES string of the molecule is CCNC(C)(C(=O)OC)c1ccccc1Cl. The van der Waals surface area contributed by atoms with Gasteiger partial charge in [-0.1, -0.05) is 36.7 Å². The third-order valence-electron chi connectivity index (χ3n) is 2.54. The van der Waals surface area contributed by atoms with Crippen LogP contribution in [-0.2, 0) is 15.1 Å². The van der Waals surface area contributed by atoms with Crippen molar-refractivity contribution in [1.82, 2.24) is 5.32 Å². The van der Waals surface area contributed by atoms with Gasteiger partial charge in [0.15, 0.2) is 0 Å². The Kier molecular flexibility index (Phi) is 4.33. The van der Waals surface area contributed by atoms with Crippen LogP contribution in [0.3, 0.4) is 0 Å². The van der Waals surface area contributed by atoms with E-state index >= 15 is 0 Å². The van der Waals surface area contributed by atoms with Crippen LogP contribution in [0.15, 0.2) is 24.3 Å². The number of hydrogen-bond acceptors (Lipinski definition) is 3. The highest BCUT2D eigenvalue weighted by atomic mass is 35.5. The fourth-order valence-electron chi connectivity index (χ4n) is 1.70. The number of carbonyl (C=O) groups excluding carboxylic acids is 1. The predicted molar refractivity (Wildman–Crippen MR) is 64.5 cm³/mol. The van der Waals surface area contributed by atoms with Gasteiger partial charge in [-0.05, 0) is 19.5 Å². The van der Waals surface area contributed by atoms with E-state index in [0.717, 1.165) is 5.56 Å². The molecule has 1 aromatic carbocycles.